The van der Waals surface area contributed by atoms with Crippen molar-refractivity contribution >= 4 is 17.7 Å². The maximum atomic E-state index is 12.4. The number of likely N-dealkylation sites (tertiary alicyclic amines) is 1. The average Bonchev–Trinajstić information content (AvgIpc) is 2.63. The zero-order valence-corrected chi connectivity index (χ0v) is 15.8. The molecule has 2 aliphatic rings. The van der Waals surface area contributed by atoms with E-state index in [-0.39, 0.29) is 5.91 Å². The Morgan fingerprint density at radius 3 is 2.58 bits per heavy atom. The van der Waals surface area contributed by atoms with E-state index in [0.717, 1.165) is 29.3 Å². The Balaban J connectivity index is 1.44. The molecule has 2 fully saturated rings. The van der Waals surface area contributed by atoms with E-state index in [1.165, 1.54) is 50.3 Å². The number of benzene rings is 1. The van der Waals surface area contributed by atoms with Gasteiger partial charge in [-0.15, -0.1) is 0 Å². The molecule has 0 spiro atoms. The van der Waals surface area contributed by atoms with Crippen LogP contribution >= 0.6 is 11.8 Å². The first-order chi connectivity index (χ1) is 11.6. The lowest BCUT2D eigenvalue weighted by atomic mass is 9.94. The van der Waals surface area contributed by atoms with E-state index in [1.807, 2.05) is 26.0 Å². The fourth-order valence-corrected chi connectivity index (χ4v) is 4.97. The number of nitrogens with one attached hydrogen (secondary N) is 1. The first-order valence-corrected chi connectivity index (χ1v) is 10.5. The van der Waals surface area contributed by atoms with Gasteiger partial charge in [-0.1, -0.05) is 17.7 Å². The highest BCUT2D eigenvalue weighted by Crippen LogP contribution is 2.26. The van der Waals surface area contributed by atoms with Gasteiger partial charge in [0.15, 0.2) is 0 Å². The maximum Gasteiger partial charge on any atom is 0.251 e. The van der Waals surface area contributed by atoms with Crippen molar-refractivity contribution in [3.63, 3.8) is 0 Å². The highest BCUT2D eigenvalue weighted by atomic mass is 32.2. The molecular formula is C20H30N2OS. The van der Waals surface area contributed by atoms with Crippen LogP contribution in [0.5, 0.6) is 0 Å². The second-order valence-electron chi connectivity index (χ2n) is 7.35. The van der Waals surface area contributed by atoms with Crippen molar-refractivity contribution in [2.45, 2.75) is 45.6 Å². The third kappa shape index (κ3) is 4.54. The Morgan fingerprint density at radius 2 is 1.88 bits per heavy atom. The van der Waals surface area contributed by atoms with Crippen LogP contribution in [-0.2, 0) is 0 Å². The summed E-state index contributed by atoms with van der Waals surface area (Å²) in [6, 6.07) is 6.90. The number of hydrogen-bond donors (Lipinski definition) is 1. The van der Waals surface area contributed by atoms with E-state index < -0.39 is 0 Å². The molecular weight excluding hydrogens is 316 g/mol. The topological polar surface area (TPSA) is 32.3 Å². The standard InChI is InChI=1S/C20H30N2OS/c1-15-3-4-16(2)19(13-15)20(23)21-14-17-5-9-22(10-6-17)18-7-11-24-12-8-18/h3-4,13,17-18H,5-12,14H2,1-2H3,(H,21,23). The molecule has 0 atom stereocenters. The third-order valence-electron chi connectivity index (χ3n) is 5.55. The van der Waals surface area contributed by atoms with Gasteiger partial charge >= 0.3 is 0 Å². The van der Waals surface area contributed by atoms with E-state index in [4.69, 9.17) is 0 Å². The number of aryl methyl sites for hydroxylation is 2. The predicted octanol–water partition coefficient (Wildman–Crippen LogP) is 3.64. The molecule has 1 amide bonds. The molecule has 1 aromatic carbocycles. The Kier molecular flexibility index (Phi) is 6.23. The van der Waals surface area contributed by atoms with E-state index in [1.54, 1.807) is 0 Å². The zero-order valence-electron chi connectivity index (χ0n) is 15.0. The summed E-state index contributed by atoms with van der Waals surface area (Å²) in [5.74, 6) is 3.38. The summed E-state index contributed by atoms with van der Waals surface area (Å²) in [5, 5.41) is 3.17. The van der Waals surface area contributed by atoms with Crippen LogP contribution in [0.3, 0.4) is 0 Å². The molecule has 0 saturated carbocycles. The van der Waals surface area contributed by atoms with Crippen LogP contribution in [0.2, 0.25) is 0 Å². The maximum absolute atomic E-state index is 12.4. The van der Waals surface area contributed by atoms with Gasteiger partial charge in [-0.2, -0.15) is 11.8 Å². The number of hydrogen-bond acceptors (Lipinski definition) is 3. The number of rotatable bonds is 4. The molecule has 2 heterocycles. The van der Waals surface area contributed by atoms with Crippen LogP contribution in [0, 0.1) is 19.8 Å². The summed E-state index contributed by atoms with van der Waals surface area (Å²) in [6.07, 6.45) is 5.16. The minimum Gasteiger partial charge on any atom is -0.352 e. The Hall–Kier alpha value is -1.00. The van der Waals surface area contributed by atoms with Crippen molar-refractivity contribution in [2.75, 3.05) is 31.1 Å². The van der Waals surface area contributed by atoms with Crippen LogP contribution in [0.1, 0.15) is 47.2 Å². The van der Waals surface area contributed by atoms with Gasteiger partial charge in [0.05, 0.1) is 0 Å². The summed E-state index contributed by atoms with van der Waals surface area (Å²) in [4.78, 5) is 15.1. The highest BCUT2D eigenvalue weighted by molar-refractivity contribution is 7.99. The minimum absolute atomic E-state index is 0.0861. The summed E-state index contributed by atoms with van der Waals surface area (Å²) in [7, 11) is 0. The van der Waals surface area contributed by atoms with Crippen molar-refractivity contribution in [2.24, 2.45) is 5.92 Å². The van der Waals surface area contributed by atoms with E-state index in [2.05, 4.69) is 28.0 Å². The van der Waals surface area contributed by atoms with Crippen molar-refractivity contribution in [3.05, 3.63) is 34.9 Å². The average molecular weight is 347 g/mol. The molecule has 1 aromatic rings. The van der Waals surface area contributed by atoms with Gasteiger partial charge < -0.3 is 10.2 Å². The zero-order chi connectivity index (χ0) is 16.9. The Bertz CT molecular complexity index is 561. The molecule has 2 aliphatic heterocycles. The summed E-state index contributed by atoms with van der Waals surface area (Å²) >= 11 is 2.10. The lowest BCUT2D eigenvalue weighted by molar-refractivity contribution is 0.0919. The molecule has 0 aromatic heterocycles. The predicted molar refractivity (Wildman–Crippen MR) is 103 cm³/mol. The molecule has 0 bridgehead atoms. The van der Waals surface area contributed by atoms with Gasteiger partial charge in [-0.3, -0.25) is 4.79 Å². The van der Waals surface area contributed by atoms with Crippen LogP contribution < -0.4 is 5.32 Å². The van der Waals surface area contributed by atoms with Crippen molar-refractivity contribution < 1.29 is 4.79 Å². The number of amides is 1. The largest absolute Gasteiger partial charge is 0.352 e. The Labute approximate surface area is 150 Å². The van der Waals surface area contributed by atoms with E-state index in [0.29, 0.717) is 5.92 Å². The number of carbonyl (C=O) groups is 1. The third-order valence-corrected chi connectivity index (χ3v) is 6.59. The van der Waals surface area contributed by atoms with Gasteiger partial charge in [-0.05, 0) is 81.7 Å². The molecule has 0 unspecified atom stereocenters. The molecule has 0 aliphatic carbocycles. The van der Waals surface area contributed by atoms with Gasteiger partial charge in [0.1, 0.15) is 0 Å². The van der Waals surface area contributed by atoms with Crippen LogP contribution in [0.4, 0.5) is 0 Å². The number of piperidine rings is 1. The normalized spacial score (nSPS) is 20.9. The lowest BCUT2D eigenvalue weighted by Gasteiger charge is -2.39. The van der Waals surface area contributed by atoms with Gasteiger partial charge in [-0.25, -0.2) is 0 Å². The summed E-state index contributed by atoms with van der Waals surface area (Å²) in [6.45, 7) is 7.28. The number of carbonyl (C=O) groups excluding carboxylic acids is 1. The Morgan fingerprint density at radius 1 is 1.17 bits per heavy atom. The van der Waals surface area contributed by atoms with Gasteiger partial charge in [0, 0.05) is 18.2 Å². The smallest absolute Gasteiger partial charge is 0.251 e. The highest BCUT2D eigenvalue weighted by Gasteiger charge is 2.26. The van der Waals surface area contributed by atoms with Crippen LogP contribution in [0.25, 0.3) is 0 Å². The fourth-order valence-electron chi connectivity index (χ4n) is 3.89. The second-order valence-corrected chi connectivity index (χ2v) is 8.58. The van der Waals surface area contributed by atoms with Crippen LogP contribution in [0.15, 0.2) is 18.2 Å². The van der Waals surface area contributed by atoms with Crippen molar-refractivity contribution in [3.8, 4) is 0 Å². The second kappa shape index (κ2) is 8.39. The van der Waals surface area contributed by atoms with Gasteiger partial charge in [0.25, 0.3) is 5.91 Å². The summed E-state index contributed by atoms with van der Waals surface area (Å²) in [5.41, 5.74) is 3.03. The van der Waals surface area contributed by atoms with Crippen molar-refractivity contribution in [1.82, 2.24) is 10.2 Å². The summed E-state index contributed by atoms with van der Waals surface area (Å²) < 4.78 is 0. The molecule has 2 saturated heterocycles. The van der Waals surface area contributed by atoms with Crippen molar-refractivity contribution in [1.29, 1.82) is 0 Å². The first-order valence-electron chi connectivity index (χ1n) is 9.30. The minimum atomic E-state index is 0.0861. The molecule has 3 nitrogen and oxygen atoms in total. The fraction of sp³-hybridized carbons (Fsp3) is 0.650. The quantitative estimate of drug-likeness (QED) is 0.903. The van der Waals surface area contributed by atoms with Crippen LogP contribution in [-0.4, -0.2) is 48.0 Å². The number of nitrogens with zero attached hydrogens (tertiary/aromatic N) is 1. The molecule has 3 rings (SSSR count). The molecule has 24 heavy (non-hydrogen) atoms. The SMILES string of the molecule is Cc1ccc(C)c(C(=O)NCC2CCN(C3CCSCC3)CC2)c1. The monoisotopic (exact) mass is 346 g/mol. The van der Waals surface area contributed by atoms with Gasteiger partial charge in [0.2, 0.25) is 0 Å². The first kappa shape index (κ1) is 17.8. The lowest BCUT2D eigenvalue weighted by Crippen LogP contribution is -2.45. The molecule has 1 N–H and O–H groups in total. The number of thioether (sulfide) groups is 1. The van der Waals surface area contributed by atoms with E-state index in [9.17, 15) is 4.79 Å². The molecule has 4 heteroatoms. The van der Waals surface area contributed by atoms with E-state index >= 15 is 0 Å². The molecule has 0 radical (unpaired) electrons. The molecule has 132 valence electrons.